The molecule has 0 aliphatic heterocycles. The minimum atomic E-state index is -0.447. The molecule has 0 aliphatic rings. The van der Waals surface area contributed by atoms with E-state index < -0.39 is 11.9 Å². The van der Waals surface area contributed by atoms with Crippen LogP contribution >= 0.6 is 0 Å². The van der Waals surface area contributed by atoms with E-state index in [2.05, 4.69) is 20.8 Å². The third-order valence-electron chi connectivity index (χ3n) is 4.96. The first-order valence-corrected chi connectivity index (χ1v) is 11.1. The van der Waals surface area contributed by atoms with E-state index in [1.54, 1.807) is 24.3 Å². The van der Waals surface area contributed by atoms with E-state index in [1.165, 1.54) is 19.3 Å². The number of benzene rings is 1. The molecule has 0 saturated carbocycles. The first kappa shape index (κ1) is 24.2. The maximum Gasteiger partial charge on any atom is 0.339 e. The van der Waals surface area contributed by atoms with Crippen molar-refractivity contribution in [2.75, 3.05) is 13.2 Å². The predicted molar refractivity (Wildman–Crippen MR) is 114 cm³/mol. The molecular weight excluding hydrogens is 352 g/mol. The van der Waals surface area contributed by atoms with Crippen LogP contribution in [0.2, 0.25) is 0 Å². The Morgan fingerprint density at radius 3 is 1.96 bits per heavy atom. The largest absolute Gasteiger partial charge is 0.462 e. The predicted octanol–water partition coefficient (Wildman–Crippen LogP) is 6.58. The summed E-state index contributed by atoms with van der Waals surface area (Å²) in [6.07, 6.45) is 10.9. The quantitative estimate of drug-likeness (QED) is 0.251. The van der Waals surface area contributed by atoms with Gasteiger partial charge in [0.15, 0.2) is 0 Å². The van der Waals surface area contributed by atoms with Crippen molar-refractivity contribution >= 4 is 11.9 Å². The van der Waals surface area contributed by atoms with Gasteiger partial charge in [0, 0.05) is 0 Å². The number of carbonyl (C=O) groups is 2. The molecule has 0 spiro atoms. The highest BCUT2D eigenvalue weighted by Gasteiger charge is 2.20. The Hall–Kier alpha value is -1.84. The standard InChI is InChI=1S/C24H38O4/c1-4-7-9-13-18-27-23(25)21-16-11-12-17-22(21)24(26)28-19-20(14-6-3)15-10-8-5-2/h11-12,16-17,20H,4-10,13-15,18-19H2,1-3H3. The Kier molecular flexibility index (Phi) is 13.1. The van der Waals surface area contributed by atoms with Crippen molar-refractivity contribution in [3.05, 3.63) is 35.4 Å². The van der Waals surface area contributed by atoms with Crippen molar-refractivity contribution in [3.63, 3.8) is 0 Å². The Labute approximate surface area is 171 Å². The van der Waals surface area contributed by atoms with Crippen molar-refractivity contribution in [1.82, 2.24) is 0 Å². The van der Waals surface area contributed by atoms with Crippen LogP contribution < -0.4 is 0 Å². The SMILES string of the molecule is CCCCCCOC(=O)c1ccccc1C(=O)OCC(CCC)CCCCC. The minimum Gasteiger partial charge on any atom is -0.462 e. The molecule has 1 rings (SSSR count). The summed E-state index contributed by atoms with van der Waals surface area (Å²) in [5.74, 6) is -0.495. The van der Waals surface area contributed by atoms with E-state index in [9.17, 15) is 9.59 Å². The summed E-state index contributed by atoms with van der Waals surface area (Å²) in [6.45, 7) is 7.28. The third kappa shape index (κ3) is 9.38. The molecule has 0 saturated heterocycles. The minimum absolute atomic E-state index is 0.293. The normalized spacial score (nSPS) is 11.8. The maximum absolute atomic E-state index is 12.6. The lowest BCUT2D eigenvalue weighted by molar-refractivity contribution is 0.0401. The zero-order valence-corrected chi connectivity index (χ0v) is 18.0. The Morgan fingerprint density at radius 2 is 1.36 bits per heavy atom. The second kappa shape index (κ2) is 15.1. The number of hydrogen-bond donors (Lipinski definition) is 0. The number of rotatable bonds is 15. The molecule has 0 N–H and O–H groups in total. The van der Waals surface area contributed by atoms with Crippen molar-refractivity contribution < 1.29 is 19.1 Å². The Morgan fingerprint density at radius 1 is 0.750 bits per heavy atom. The summed E-state index contributed by atoms with van der Waals surface area (Å²) in [5, 5.41) is 0. The first-order valence-electron chi connectivity index (χ1n) is 11.1. The van der Waals surface area contributed by atoms with Gasteiger partial charge in [-0.15, -0.1) is 0 Å². The van der Waals surface area contributed by atoms with Gasteiger partial charge >= 0.3 is 11.9 Å². The van der Waals surface area contributed by atoms with Gasteiger partial charge in [-0.1, -0.05) is 77.8 Å². The fourth-order valence-corrected chi connectivity index (χ4v) is 3.28. The van der Waals surface area contributed by atoms with E-state index in [0.29, 0.717) is 30.3 Å². The molecule has 0 aromatic heterocycles. The van der Waals surface area contributed by atoms with Crippen LogP contribution in [0.4, 0.5) is 0 Å². The molecule has 0 amide bonds. The van der Waals surface area contributed by atoms with Gasteiger partial charge in [-0.3, -0.25) is 0 Å². The number of unbranched alkanes of at least 4 members (excludes halogenated alkanes) is 5. The van der Waals surface area contributed by atoms with E-state index in [-0.39, 0.29) is 0 Å². The van der Waals surface area contributed by atoms with Crippen LogP contribution in [0.1, 0.15) is 106 Å². The van der Waals surface area contributed by atoms with Gasteiger partial charge in [-0.05, 0) is 37.3 Å². The summed E-state index contributed by atoms with van der Waals surface area (Å²) in [7, 11) is 0. The number of hydrogen-bond acceptors (Lipinski definition) is 4. The Bertz CT molecular complexity index is 567. The lowest BCUT2D eigenvalue weighted by Crippen LogP contribution is -2.18. The number of carbonyl (C=O) groups excluding carboxylic acids is 2. The highest BCUT2D eigenvalue weighted by molar-refractivity contribution is 6.03. The van der Waals surface area contributed by atoms with E-state index in [0.717, 1.165) is 44.9 Å². The van der Waals surface area contributed by atoms with Gasteiger partial charge in [0.2, 0.25) is 0 Å². The molecule has 0 aliphatic carbocycles. The average molecular weight is 391 g/mol. The maximum atomic E-state index is 12.6. The van der Waals surface area contributed by atoms with Gasteiger partial charge < -0.3 is 9.47 Å². The Balaban J connectivity index is 2.61. The molecule has 158 valence electrons. The van der Waals surface area contributed by atoms with E-state index >= 15 is 0 Å². The van der Waals surface area contributed by atoms with Crippen LogP contribution in [0.3, 0.4) is 0 Å². The van der Waals surface area contributed by atoms with Crippen LogP contribution in [0.25, 0.3) is 0 Å². The van der Waals surface area contributed by atoms with Gasteiger partial charge in [-0.25, -0.2) is 9.59 Å². The molecular formula is C24H38O4. The fraction of sp³-hybridized carbons (Fsp3) is 0.667. The summed E-state index contributed by atoms with van der Waals surface area (Å²) in [4.78, 5) is 25.0. The lowest BCUT2D eigenvalue weighted by Gasteiger charge is -2.17. The summed E-state index contributed by atoms with van der Waals surface area (Å²) < 4.78 is 10.9. The smallest absolute Gasteiger partial charge is 0.339 e. The molecule has 4 heteroatoms. The van der Waals surface area contributed by atoms with Crippen LogP contribution in [-0.2, 0) is 9.47 Å². The number of ether oxygens (including phenoxy) is 2. The van der Waals surface area contributed by atoms with Crippen molar-refractivity contribution in [2.45, 2.75) is 85.0 Å². The van der Waals surface area contributed by atoms with Gasteiger partial charge in [0.05, 0.1) is 24.3 Å². The topological polar surface area (TPSA) is 52.6 Å². The molecule has 0 fully saturated rings. The molecule has 28 heavy (non-hydrogen) atoms. The second-order valence-corrected chi connectivity index (χ2v) is 7.49. The van der Waals surface area contributed by atoms with Crippen LogP contribution in [0.5, 0.6) is 0 Å². The van der Waals surface area contributed by atoms with Crippen molar-refractivity contribution in [3.8, 4) is 0 Å². The van der Waals surface area contributed by atoms with Gasteiger partial charge in [0.1, 0.15) is 0 Å². The number of esters is 2. The van der Waals surface area contributed by atoms with Crippen LogP contribution in [-0.4, -0.2) is 25.2 Å². The van der Waals surface area contributed by atoms with Crippen LogP contribution in [0.15, 0.2) is 24.3 Å². The summed E-state index contributed by atoms with van der Waals surface area (Å²) in [6, 6.07) is 6.77. The molecule has 1 atom stereocenters. The highest BCUT2D eigenvalue weighted by atomic mass is 16.5. The third-order valence-corrected chi connectivity index (χ3v) is 4.96. The lowest BCUT2D eigenvalue weighted by atomic mass is 9.97. The van der Waals surface area contributed by atoms with E-state index in [1.807, 2.05) is 0 Å². The summed E-state index contributed by atoms with van der Waals surface area (Å²) >= 11 is 0. The average Bonchev–Trinajstić information content (AvgIpc) is 2.71. The van der Waals surface area contributed by atoms with Crippen LogP contribution in [0, 0.1) is 5.92 Å². The highest BCUT2D eigenvalue weighted by Crippen LogP contribution is 2.18. The second-order valence-electron chi connectivity index (χ2n) is 7.49. The molecule has 0 bridgehead atoms. The molecule has 1 aromatic rings. The molecule has 1 aromatic carbocycles. The molecule has 1 unspecified atom stereocenters. The van der Waals surface area contributed by atoms with Gasteiger partial charge in [-0.2, -0.15) is 0 Å². The fourth-order valence-electron chi connectivity index (χ4n) is 3.28. The zero-order chi connectivity index (χ0) is 20.6. The zero-order valence-electron chi connectivity index (χ0n) is 18.0. The molecule has 4 nitrogen and oxygen atoms in total. The van der Waals surface area contributed by atoms with Gasteiger partial charge in [0.25, 0.3) is 0 Å². The molecule has 0 heterocycles. The van der Waals surface area contributed by atoms with Crippen molar-refractivity contribution in [1.29, 1.82) is 0 Å². The van der Waals surface area contributed by atoms with Crippen molar-refractivity contribution in [2.24, 2.45) is 5.92 Å². The first-order chi connectivity index (χ1) is 13.6. The summed E-state index contributed by atoms with van der Waals surface area (Å²) in [5.41, 5.74) is 0.589. The monoisotopic (exact) mass is 390 g/mol. The van der Waals surface area contributed by atoms with E-state index in [4.69, 9.17) is 9.47 Å². The molecule has 0 radical (unpaired) electrons.